The van der Waals surface area contributed by atoms with Crippen LogP contribution in [0.2, 0.25) is 0 Å². The highest BCUT2D eigenvalue weighted by Gasteiger charge is 2.15. The van der Waals surface area contributed by atoms with E-state index in [0.717, 1.165) is 25.0 Å². The molecular weight excluding hydrogens is 220 g/mol. The van der Waals surface area contributed by atoms with Crippen LogP contribution in [0.4, 0.5) is 0 Å². The fraction of sp³-hybridized carbons (Fsp3) is 0.692. The summed E-state index contributed by atoms with van der Waals surface area (Å²) >= 11 is 0. The molecule has 0 spiro atoms. The summed E-state index contributed by atoms with van der Waals surface area (Å²) in [5.41, 5.74) is 0.270. The Morgan fingerprint density at radius 1 is 1.29 bits per heavy atom. The molecule has 0 aromatic carbocycles. The van der Waals surface area contributed by atoms with Crippen molar-refractivity contribution in [1.29, 1.82) is 0 Å². The van der Waals surface area contributed by atoms with Crippen molar-refractivity contribution >= 4 is 11.9 Å². The van der Waals surface area contributed by atoms with Crippen molar-refractivity contribution in [2.75, 3.05) is 6.61 Å². The molecule has 0 bridgehead atoms. The van der Waals surface area contributed by atoms with Crippen LogP contribution in [0, 0.1) is 11.3 Å². The molecule has 4 heteroatoms. The van der Waals surface area contributed by atoms with E-state index in [9.17, 15) is 9.59 Å². The molecule has 0 aromatic heterocycles. The van der Waals surface area contributed by atoms with E-state index in [1.807, 2.05) is 0 Å². The summed E-state index contributed by atoms with van der Waals surface area (Å²) in [6, 6.07) is 0. The molecule has 0 rings (SSSR count). The van der Waals surface area contributed by atoms with E-state index in [2.05, 4.69) is 27.7 Å². The van der Waals surface area contributed by atoms with E-state index in [1.54, 1.807) is 0 Å². The van der Waals surface area contributed by atoms with Crippen LogP contribution in [0.3, 0.4) is 0 Å². The number of aliphatic carboxylic acids is 1. The largest absolute Gasteiger partial charge is 0.478 e. The fourth-order valence-electron chi connectivity index (χ4n) is 1.70. The maximum atomic E-state index is 11.0. The Labute approximate surface area is 103 Å². The Hall–Kier alpha value is -1.32. The van der Waals surface area contributed by atoms with Gasteiger partial charge >= 0.3 is 11.9 Å². The average Bonchev–Trinajstić information content (AvgIpc) is 2.11. The monoisotopic (exact) mass is 242 g/mol. The highest BCUT2D eigenvalue weighted by atomic mass is 16.5. The molecule has 0 aromatic rings. The number of carbonyl (C=O) groups excluding carboxylic acids is 1. The van der Waals surface area contributed by atoms with Crippen molar-refractivity contribution in [1.82, 2.24) is 0 Å². The summed E-state index contributed by atoms with van der Waals surface area (Å²) in [6.45, 7) is 8.97. The van der Waals surface area contributed by atoms with Crippen LogP contribution < -0.4 is 0 Å². The molecule has 17 heavy (non-hydrogen) atoms. The molecule has 1 unspecified atom stereocenters. The zero-order valence-electron chi connectivity index (χ0n) is 11.0. The van der Waals surface area contributed by atoms with Gasteiger partial charge in [0.05, 0.1) is 6.61 Å². The molecule has 0 heterocycles. The lowest BCUT2D eigenvalue weighted by molar-refractivity contribution is -0.139. The third-order valence-corrected chi connectivity index (χ3v) is 2.18. The Bertz CT molecular complexity index is 286. The summed E-state index contributed by atoms with van der Waals surface area (Å²) in [6.07, 6.45) is 3.57. The van der Waals surface area contributed by atoms with Crippen LogP contribution in [0.5, 0.6) is 0 Å². The molecule has 4 nitrogen and oxygen atoms in total. The number of hydrogen-bond acceptors (Lipinski definition) is 3. The van der Waals surface area contributed by atoms with Gasteiger partial charge in [0, 0.05) is 12.2 Å². The summed E-state index contributed by atoms with van der Waals surface area (Å²) in [7, 11) is 0. The lowest BCUT2D eigenvalue weighted by atomic mass is 9.84. The van der Waals surface area contributed by atoms with Crippen molar-refractivity contribution in [2.24, 2.45) is 11.3 Å². The van der Waals surface area contributed by atoms with Gasteiger partial charge in [-0.1, -0.05) is 27.7 Å². The van der Waals surface area contributed by atoms with E-state index in [4.69, 9.17) is 9.84 Å². The quantitative estimate of drug-likeness (QED) is 0.574. The molecule has 0 aliphatic rings. The molecule has 1 N–H and O–H groups in total. The third-order valence-electron chi connectivity index (χ3n) is 2.18. The molecule has 98 valence electrons. The minimum atomic E-state index is -1.15. The summed E-state index contributed by atoms with van der Waals surface area (Å²) in [5.74, 6) is -1.27. The average molecular weight is 242 g/mol. The minimum absolute atomic E-state index is 0.270. The predicted molar refractivity (Wildman–Crippen MR) is 65.6 cm³/mol. The van der Waals surface area contributed by atoms with Gasteiger partial charge < -0.3 is 9.84 Å². The first-order chi connectivity index (χ1) is 7.70. The van der Waals surface area contributed by atoms with E-state index in [-0.39, 0.29) is 5.41 Å². The molecule has 0 amide bonds. The summed E-state index contributed by atoms with van der Waals surface area (Å²) in [4.78, 5) is 21.2. The molecule has 0 fully saturated rings. The van der Waals surface area contributed by atoms with E-state index < -0.39 is 11.9 Å². The summed E-state index contributed by atoms with van der Waals surface area (Å²) in [5, 5.41) is 8.31. The van der Waals surface area contributed by atoms with Gasteiger partial charge in [0.2, 0.25) is 0 Å². The van der Waals surface area contributed by atoms with Crippen LogP contribution in [0.1, 0.15) is 40.5 Å². The number of hydrogen-bond donors (Lipinski definition) is 1. The predicted octanol–water partition coefficient (Wildman–Crippen LogP) is 2.63. The Kier molecular flexibility index (Phi) is 6.54. The van der Waals surface area contributed by atoms with Gasteiger partial charge in [0.15, 0.2) is 0 Å². The Morgan fingerprint density at radius 3 is 2.35 bits per heavy atom. The number of carboxylic acids is 1. The second-order valence-corrected chi connectivity index (χ2v) is 5.50. The molecule has 0 aliphatic carbocycles. The number of esters is 1. The minimum Gasteiger partial charge on any atom is -0.478 e. The second kappa shape index (κ2) is 7.09. The highest BCUT2D eigenvalue weighted by Crippen LogP contribution is 2.25. The third kappa shape index (κ3) is 11.0. The van der Waals surface area contributed by atoms with Crippen molar-refractivity contribution in [3.05, 3.63) is 12.2 Å². The number of carbonyl (C=O) groups is 2. The Balaban J connectivity index is 3.77. The normalized spacial score (nSPS) is 13.6. The van der Waals surface area contributed by atoms with Crippen molar-refractivity contribution < 1.29 is 19.4 Å². The standard InChI is InChI=1S/C13H22O4/c1-10(9-13(2,3)4)7-8-17-12(16)6-5-11(14)15/h5-6,10H,7-9H2,1-4H3,(H,14,15)/b6-5-. The first kappa shape index (κ1) is 15.7. The topological polar surface area (TPSA) is 63.6 Å². The van der Waals surface area contributed by atoms with Crippen LogP contribution in [0.25, 0.3) is 0 Å². The van der Waals surface area contributed by atoms with Crippen molar-refractivity contribution in [3.8, 4) is 0 Å². The zero-order chi connectivity index (χ0) is 13.5. The van der Waals surface area contributed by atoms with E-state index in [1.165, 1.54) is 0 Å². The second-order valence-electron chi connectivity index (χ2n) is 5.50. The molecular formula is C13H22O4. The fourth-order valence-corrected chi connectivity index (χ4v) is 1.70. The molecule has 1 atom stereocenters. The summed E-state index contributed by atoms with van der Waals surface area (Å²) < 4.78 is 4.89. The maximum Gasteiger partial charge on any atom is 0.331 e. The van der Waals surface area contributed by atoms with Crippen LogP contribution in [-0.4, -0.2) is 23.7 Å². The Morgan fingerprint density at radius 2 is 1.88 bits per heavy atom. The van der Waals surface area contributed by atoms with Crippen molar-refractivity contribution in [2.45, 2.75) is 40.5 Å². The number of ether oxygens (including phenoxy) is 1. The van der Waals surface area contributed by atoms with Crippen molar-refractivity contribution in [3.63, 3.8) is 0 Å². The molecule has 0 aliphatic heterocycles. The molecule has 0 radical (unpaired) electrons. The lowest BCUT2D eigenvalue weighted by Gasteiger charge is -2.22. The number of rotatable bonds is 6. The molecule has 0 saturated heterocycles. The first-order valence-electron chi connectivity index (χ1n) is 5.78. The van der Waals surface area contributed by atoms with Crippen LogP contribution >= 0.6 is 0 Å². The van der Waals surface area contributed by atoms with Gasteiger partial charge in [-0.2, -0.15) is 0 Å². The van der Waals surface area contributed by atoms with Crippen LogP contribution in [-0.2, 0) is 14.3 Å². The maximum absolute atomic E-state index is 11.0. The first-order valence-corrected chi connectivity index (χ1v) is 5.78. The van der Waals surface area contributed by atoms with Gasteiger partial charge in [-0.25, -0.2) is 9.59 Å². The lowest BCUT2D eigenvalue weighted by Crippen LogP contribution is -2.13. The van der Waals surface area contributed by atoms with Gasteiger partial charge in [-0.3, -0.25) is 0 Å². The SMILES string of the molecule is CC(CCOC(=O)/C=C\C(=O)O)CC(C)(C)C. The van der Waals surface area contributed by atoms with Gasteiger partial charge in [0.25, 0.3) is 0 Å². The van der Waals surface area contributed by atoms with Gasteiger partial charge in [-0.15, -0.1) is 0 Å². The highest BCUT2D eigenvalue weighted by molar-refractivity contribution is 5.90. The van der Waals surface area contributed by atoms with Gasteiger partial charge in [0.1, 0.15) is 0 Å². The smallest absolute Gasteiger partial charge is 0.331 e. The van der Waals surface area contributed by atoms with Crippen LogP contribution in [0.15, 0.2) is 12.2 Å². The zero-order valence-corrected chi connectivity index (χ0v) is 11.0. The van der Waals surface area contributed by atoms with E-state index >= 15 is 0 Å². The number of carboxylic acid groups (broad SMARTS) is 1. The van der Waals surface area contributed by atoms with Gasteiger partial charge in [-0.05, 0) is 24.2 Å². The van der Waals surface area contributed by atoms with E-state index in [0.29, 0.717) is 12.5 Å². The molecule has 0 saturated carbocycles.